The van der Waals surface area contributed by atoms with E-state index in [1.807, 2.05) is 6.92 Å². The van der Waals surface area contributed by atoms with Crippen molar-refractivity contribution in [1.82, 2.24) is 0 Å². The molecule has 0 fully saturated rings. The smallest absolute Gasteiger partial charge is 0.190 e. The molecule has 0 saturated heterocycles. The summed E-state index contributed by atoms with van der Waals surface area (Å²) in [6.45, 7) is 2.41. The van der Waals surface area contributed by atoms with Gasteiger partial charge in [-0.15, -0.1) is 0 Å². The summed E-state index contributed by atoms with van der Waals surface area (Å²) in [6.07, 6.45) is 0.839. The van der Waals surface area contributed by atoms with Gasteiger partial charge in [0, 0.05) is 12.2 Å². The maximum atomic E-state index is 13.0. The maximum Gasteiger partial charge on any atom is 0.190 e. The van der Waals surface area contributed by atoms with Crippen LogP contribution in [0, 0.1) is 5.82 Å². The number of carbonyl (C=O) groups is 1. The molecule has 0 atom stereocenters. The molecule has 0 aliphatic heterocycles. The van der Waals surface area contributed by atoms with Gasteiger partial charge < -0.3 is 10.5 Å². The highest BCUT2D eigenvalue weighted by Gasteiger charge is 2.12. The molecule has 0 heterocycles. The Labute approximate surface area is 88.0 Å². The van der Waals surface area contributed by atoms with Gasteiger partial charge in [-0.05, 0) is 18.6 Å². The predicted molar refractivity (Wildman–Crippen MR) is 56.3 cm³/mol. The van der Waals surface area contributed by atoms with E-state index in [-0.39, 0.29) is 23.6 Å². The number of hydrogen-bond acceptors (Lipinski definition) is 3. The lowest BCUT2D eigenvalue weighted by atomic mass is 10.1. The van der Waals surface area contributed by atoms with Crippen LogP contribution in [0.25, 0.3) is 0 Å². The zero-order chi connectivity index (χ0) is 11.3. The predicted octanol–water partition coefficient (Wildman–Crippen LogP) is 2.02. The van der Waals surface area contributed by atoms with E-state index in [0.29, 0.717) is 6.61 Å². The fourth-order valence-electron chi connectivity index (χ4n) is 1.17. The molecule has 0 radical (unpaired) electrons. The van der Waals surface area contributed by atoms with E-state index in [9.17, 15) is 9.18 Å². The number of rotatable bonds is 5. The number of ether oxygens (including phenoxy) is 1. The number of nitrogens with two attached hydrogens (primary N) is 1. The van der Waals surface area contributed by atoms with Gasteiger partial charge >= 0.3 is 0 Å². The van der Waals surface area contributed by atoms with Crippen molar-refractivity contribution >= 4 is 11.5 Å². The molecule has 3 nitrogen and oxygen atoms in total. The van der Waals surface area contributed by atoms with E-state index in [1.54, 1.807) is 0 Å². The first-order chi connectivity index (χ1) is 7.16. The van der Waals surface area contributed by atoms with Crippen LogP contribution in [0.2, 0.25) is 0 Å². The molecule has 1 rings (SSSR count). The largest absolute Gasteiger partial charge is 0.396 e. The van der Waals surface area contributed by atoms with Gasteiger partial charge in [0.25, 0.3) is 0 Å². The van der Waals surface area contributed by atoms with E-state index >= 15 is 0 Å². The van der Waals surface area contributed by atoms with Crippen LogP contribution in [0.1, 0.15) is 23.7 Å². The van der Waals surface area contributed by atoms with Crippen LogP contribution in [-0.2, 0) is 4.74 Å². The number of anilines is 1. The van der Waals surface area contributed by atoms with Crippen molar-refractivity contribution in [3.8, 4) is 0 Å². The molecule has 0 spiro atoms. The molecule has 0 aromatic heterocycles. The van der Waals surface area contributed by atoms with Gasteiger partial charge in [0.05, 0.1) is 5.69 Å². The number of Topliss-reactive ketones (excluding diaryl/α,β-unsaturated/α-hetero) is 1. The van der Waals surface area contributed by atoms with Gasteiger partial charge in [-0.3, -0.25) is 4.79 Å². The van der Waals surface area contributed by atoms with Crippen LogP contribution in [0.5, 0.6) is 0 Å². The Balaban J connectivity index is 2.69. The SMILES string of the molecule is CCCOCC(=O)c1cccc(F)c1N. The van der Waals surface area contributed by atoms with E-state index in [4.69, 9.17) is 10.5 Å². The van der Waals surface area contributed by atoms with E-state index < -0.39 is 5.82 Å². The summed E-state index contributed by atoms with van der Waals surface area (Å²) in [5.41, 5.74) is 5.51. The molecular formula is C11H14FNO2. The third kappa shape index (κ3) is 3.02. The second kappa shape index (κ2) is 5.46. The number of ketones is 1. The maximum absolute atomic E-state index is 13.0. The number of para-hydroxylation sites is 1. The lowest BCUT2D eigenvalue weighted by molar-refractivity contribution is 0.0762. The lowest BCUT2D eigenvalue weighted by Gasteiger charge is -2.05. The van der Waals surface area contributed by atoms with Crippen LogP contribution < -0.4 is 5.73 Å². The van der Waals surface area contributed by atoms with Gasteiger partial charge in [0.15, 0.2) is 5.78 Å². The van der Waals surface area contributed by atoms with Crippen molar-refractivity contribution in [2.75, 3.05) is 18.9 Å². The summed E-state index contributed by atoms with van der Waals surface area (Å²) in [5, 5.41) is 0. The molecule has 1 aromatic rings. The Hall–Kier alpha value is -1.42. The zero-order valence-corrected chi connectivity index (χ0v) is 8.63. The summed E-state index contributed by atoms with van der Waals surface area (Å²) < 4.78 is 18.1. The molecular weight excluding hydrogens is 197 g/mol. The van der Waals surface area contributed by atoms with Crippen molar-refractivity contribution in [3.63, 3.8) is 0 Å². The average Bonchev–Trinajstić information content (AvgIpc) is 2.22. The Morgan fingerprint density at radius 3 is 2.93 bits per heavy atom. The van der Waals surface area contributed by atoms with Crippen LogP contribution >= 0.6 is 0 Å². The average molecular weight is 211 g/mol. The van der Waals surface area contributed by atoms with Gasteiger partial charge in [-0.25, -0.2) is 4.39 Å². The topological polar surface area (TPSA) is 52.3 Å². The van der Waals surface area contributed by atoms with Crippen molar-refractivity contribution in [1.29, 1.82) is 0 Å². The minimum atomic E-state index is -0.573. The normalized spacial score (nSPS) is 10.3. The molecule has 2 N–H and O–H groups in total. The van der Waals surface area contributed by atoms with Crippen molar-refractivity contribution in [2.45, 2.75) is 13.3 Å². The minimum Gasteiger partial charge on any atom is -0.396 e. The summed E-state index contributed by atoms with van der Waals surface area (Å²) in [7, 11) is 0. The quantitative estimate of drug-likeness (QED) is 0.460. The van der Waals surface area contributed by atoms with Crippen molar-refractivity contribution in [2.24, 2.45) is 0 Å². The number of hydrogen-bond donors (Lipinski definition) is 1. The van der Waals surface area contributed by atoms with Gasteiger partial charge in [0.1, 0.15) is 12.4 Å². The number of carbonyl (C=O) groups excluding carboxylic acids is 1. The highest BCUT2D eigenvalue weighted by Crippen LogP contribution is 2.16. The minimum absolute atomic E-state index is 0.0541. The standard InChI is InChI=1S/C11H14FNO2/c1-2-6-15-7-10(14)8-4-3-5-9(12)11(8)13/h3-5H,2,6-7,13H2,1H3. The number of halogens is 1. The second-order valence-corrected chi connectivity index (χ2v) is 3.18. The molecule has 0 saturated carbocycles. The Bertz CT molecular complexity index is 352. The van der Waals surface area contributed by atoms with E-state index in [1.165, 1.54) is 18.2 Å². The lowest BCUT2D eigenvalue weighted by Crippen LogP contribution is -2.12. The monoisotopic (exact) mass is 211 g/mol. The summed E-state index contributed by atoms with van der Waals surface area (Å²) in [6, 6.07) is 4.17. The van der Waals surface area contributed by atoms with Gasteiger partial charge in [-0.1, -0.05) is 13.0 Å². The second-order valence-electron chi connectivity index (χ2n) is 3.18. The van der Waals surface area contributed by atoms with E-state index in [0.717, 1.165) is 6.42 Å². The summed E-state index contributed by atoms with van der Waals surface area (Å²) in [4.78, 5) is 11.5. The highest BCUT2D eigenvalue weighted by atomic mass is 19.1. The molecule has 0 aliphatic rings. The third-order valence-corrected chi connectivity index (χ3v) is 1.93. The molecule has 0 amide bonds. The molecule has 0 unspecified atom stereocenters. The molecule has 0 bridgehead atoms. The molecule has 15 heavy (non-hydrogen) atoms. The fraction of sp³-hybridized carbons (Fsp3) is 0.364. The zero-order valence-electron chi connectivity index (χ0n) is 8.63. The van der Waals surface area contributed by atoms with Crippen LogP contribution in [0.3, 0.4) is 0 Å². The summed E-state index contributed by atoms with van der Waals surface area (Å²) >= 11 is 0. The molecule has 1 aromatic carbocycles. The first-order valence-corrected chi connectivity index (χ1v) is 4.81. The molecule has 0 aliphatic carbocycles. The fourth-order valence-corrected chi connectivity index (χ4v) is 1.17. The molecule has 82 valence electrons. The van der Waals surface area contributed by atoms with Crippen molar-refractivity contribution in [3.05, 3.63) is 29.6 Å². The van der Waals surface area contributed by atoms with Crippen LogP contribution in [0.4, 0.5) is 10.1 Å². The number of benzene rings is 1. The van der Waals surface area contributed by atoms with E-state index in [2.05, 4.69) is 0 Å². The van der Waals surface area contributed by atoms with Gasteiger partial charge in [0.2, 0.25) is 0 Å². The Morgan fingerprint density at radius 1 is 1.53 bits per heavy atom. The molecule has 4 heteroatoms. The first-order valence-electron chi connectivity index (χ1n) is 4.81. The third-order valence-electron chi connectivity index (χ3n) is 1.93. The Morgan fingerprint density at radius 2 is 2.27 bits per heavy atom. The van der Waals surface area contributed by atoms with Gasteiger partial charge in [-0.2, -0.15) is 0 Å². The highest BCUT2D eigenvalue weighted by molar-refractivity contribution is 6.01. The van der Waals surface area contributed by atoms with Crippen LogP contribution in [0.15, 0.2) is 18.2 Å². The number of nitrogen functional groups attached to an aromatic ring is 1. The van der Waals surface area contributed by atoms with Crippen LogP contribution in [-0.4, -0.2) is 19.0 Å². The Kier molecular flexibility index (Phi) is 4.24. The first kappa shape index (κ1) is 11.7. The van der Waals surface area contributed by atoms with Crippen molar-refractivity contribution < 1.29 is 13.9 Å². The summed E-state index contributed by atoms with van der Waals surface area (Å²) in [5.74, 6) is -0.864.